The summed E-state index contributed by atoms with van der Waals surface area (Å²) in [5.41, 5.74) is 0.0926. The third kappa shape index (κ3) is 2.75. The van der Waals surface area contributed by atoms with Crippen molar-refractivity contribution in [2.75, 3.05) is 18.1 Å². The highest BCUT2D eigenvalue weighted by Gasteiger charge is 2.46. The predicted molar refractivity (Wildman–Crippen MR) is 74.4 cm³/mol. The molecule has 0 aliphatic carbocycles. The van der Waals surface area contributed by atoms with E-state index in [4.69, 9.17) is 14.9 Å². The monoisotopic (exact) mass is 343 g/mol. The fourth-order valence-corrected chi connectivity index (χ4v) is 2.57. The van der Waals surface area contributed by atoms with E-state index in [1.807, 2.05) is 0 Å². The molecule has 0 spiro atoms. The fourth-order valence-electron chi connectivity index (χ4n) is 2.57. The Labute approximate surface area is 133 Å². The summed E-state index contributed by atoms with van der Waals surface area (Å²) in [6.07, 6.45) is -5.40. The number of nitrogens with one attached hydrogen (secondary N) is 1. The number of nitrogens with zero attached hydrogens (tertiary/aromatic N) is 4. The molecule has 0 bridgehead atoms. The van der Waals surface area contributed by atoms with Crippen molar-refractivity contribution in [3.05, 3.63) is 12.4 Å². The molecule has 1 unspecified atom stereocenters. The Bertz CT molecular complexity index is 757. The minimum absolute atomic E-state index is 0.0420. The maximum Gasteiger partial charge on any atom is 0.323 e. The fraction of sp³-hybridized carbons (Fsp3) is 0.500. The number of hydrogen-bond donors (Lipinski definition) is 5. The minimum Gasteiger partial charge on any atom is -0.480 e. The molecule has 0 radical (unpaired) electrons. The SMILES string of the molecule is O=C(O)CN(c1nc(F)nc2nc[nH]c12)C1O[C@H](CO)[C@@H](O)[C@@H]1O. The Morgan fingerprint density at radius 2 is 2.12 bits per heavy atom. The Morgan fingerprint density at radius 3 is 2.75 bits per heavy atom. The molecule has 0 amide bonds. The van der Waals surface area contributed by atoms with Gasteiger partial charge >= 0.3 is 12.0 Å². The highest BCUT2D eigenvalue weighted by Crippen LogP contribution is 2.30. The second-order valence-electron chi connectivity index (χ2n) is 5.17. The van der Waals surface area contributed by atoms with Gasteiger partial charge in [-0.3, -0.25) is 4.79 Å². The zero-order valence-corrected chi connectivity index (χ0v) is 12.1. The first-order valence-electron chi connectivity index (χ1n) is 6.90. The number of aliphatic hydroxyl groups is 3. The normalized spacial score (nSPS) is 26.8. The second kappa shape index (κ2) is 6.24. The summed E-state index contributed by atoms with van der Waals surface area (Å²) in [6.45, 7) is -1.30. The van der Waals surface area contributed by atoms with Crippen LogP contribution in [0.25, 0.3) is 11.2 Å². The van der Waals surface area contributed by atoms with Gasteiger partial charge in [0.05, 0.1) is 12.9 Å². The summed E-state index contributed by atoms with van der Waals surface area (Å²) in [6, 6.07) is 0. The number of rotatable bonds is 5. The van der Waals surface area contributed by atoms with Crippen LogP contribution in [-0.4, -0.2) is 84.0 Å². The lowest BCUT2D eigenvalue weighted by Gasteiger charge is -2.30. The van der Waals surface area contributed by atoms with Crippen LogP contribution in [0.1, 0.15) is 0 Å². The van der Waals surface area contributed by atoms with Crippen LogP contribution >= 0.6 is 0 Å². The van der Waals surface area contributed by atoms with Gasteiger partial charge in [0.2, 0.25) is 0 Å². The first-order chi connectivity index (χ1) is 11.4. The number of imidazole rings is 1. The van der Waals surface area contributed by atoms with E-state index in [1.54, 1.807) is 0 Å². The summed E-state index contributed by atoms with van der Waals surface area (Å²) in [5.74, 6) is -1.51. The van der Waals surface area contributed by atoms with Crippen molar-refractivity contribution in [1.82, 2.24) is 19.9 Å². The molecule has 1 aliphatic heterocycles. The van der Waals surface area contributed by atoms with Gasteiger partial charge in [0, 0.05) is 0 Å². The van der Waals surface area contributed by atoms with Gasteiger partial charge in [-0.1, -0.05) is 0 Å². The number of halogens is 1. The first kappa shape index (κ1) is 16.4. The number of carboxylic acids is 1. The number of carbonyl (C=O) groups is 1. The van der Waals surface area contributed by atoms with Crippen LogP contribution in [0, 0.1) is 6.08 Å². The third-order valence-electron chi connectivity index (χ3n) is 3.64. The van der Waals surface area contributed by atoms with Crippen LogP contribution in [-0.2, 0) is 9.53 Å². The van der Waals surface area contributed by atoms with Crippen LogP contribution in [0.4, 0.5) is 10.2 Å². The lowest BCUT2D eigenvalue weighted by molar-refractivity contribution is -0.136. The van der Waals surface area contributed by atoms with Crippen LogP contribution in [0.15, 0.2) is 6.33 Å². The maximum atomic E-state index is 13.6. The van der Waals surface area contributed by atoms with E-state index < -0.39 is 49.7 Å². The quantitative estimate of drug-likeness (QED) is 0.377. The molecule has 1 aliphatic rings. The van der Waals surface area contributed by atoms with Gasteiger partial charge in [-0.25, -0.2) is 4.98 Å². The maximum absolute atomic E-state index is 13.6. The number of anilines is 1. The van der Waals surface area contributed by atoms with E-state index in [2.05, 4.69) is 19.9 Å². The number of H-pyrrole nitrogens is 1. The minimum atomic E-state index is -1.54. The van der Waals surface area contributed by atoms with Crippen LogP contribution in [0.2, 0.25) is 0 Å². The van der Waals surface area contributed by atoms with E-state index >= 15 is 0 Å². The standard InChI is InChI=1S/C12H14FN5O6/c13-12-16-9-6(14-3-15-9)10(17-12)18(1-5(20)21)11-8(23)7(22)4(2-19)24-11/h3-4,7-8,11,19,22-23H,1-2H2,(H,20,21)(H,14,15,16,17)/t4-,7-,8+,11?/m1/s1. The van der Waals surface area contributed by atoms with Crippen molar-refractivity contribution in [3.8, 4) is 0 Å². The number of fused-ring (bicyclic) bond motifs is 1. The van der Waals surface area contributed by atoms with Gasteiger partial charge in [0.1, 0.15) is 30.4 Å². The summed E-state index contributed by atoms with van der Waals surface area (Å²) < 4.78 is 18.9. The Kier molecular flexibility index (Phi) is 4.28. The smallest absolute Gasteiger partial charge is 0.323 e. The number of aromatic nitrogens is 4. The van der Waals surface area contributed by atoms with Crippen LogP contribution in [0.5, 0.6) is 0 Å². The Balaban J connectivity index is 2.06. The van der Waals surface area contributed by atoms with Gasteiger partial charge in [-0.15, -0.1) is 0 Å². The molecular weight excluding hydrogens is 329 g/mol. The number of aliphatic hydroxyl groups excluding tert-OH is 3. The molecule has 0 aromatic carbocycles. The lowest BCUT2D eigenvalue weighted by Crippen LogP contribution is -2.47. The van der Waals surface area contributed by atoms with Crippen molar-refractivity contribution in [1.29, 1.82) is 0 Å². The summed E-state index contributed by atoms with van der Waals surface area (Å²) in [5, 5.41) is 38.2. The highest BCUT2D eigenvalue weighted by atomic mass is 19.1. The van der Waals surface area contributed by atoms with Gasteiger partial charge in [-0.05, 0) is 0 Å². The molecule has 5 N–H and O–H groups in total. The van der Waals surface area contributed by atoms with Crippen LogP contribution in [0.3, 0.4) is 0 Å². The third-order valence-corrected chi connectivity index (χ3v) is 3.64. The predicted octanol–water partition coefficient (Wildman–Crippen LogP) is -2.18. The molecule has 12 heteroatoms. The number of aliphatic carboxylic acids is 1. The van der Waals surface area contributed by atoms with Crippen molar-refractivity contribution in [3.63, 3.8) is 0 Å². The number of carboxylic acid groups (broad SMARTS) is 1. The summed E-state index contributed by atoms with van der Waals surface area (Å²) in [4.78, 5) is 25.6. The summed E-state index contributed by atoms with van der Waals surface area (Å²) in [7, 11) is 0. The lowest BCUT2D eigenvalue weighted by atomic mass is 10.1. The highest BCUT2D eigenvalue weighted by molar-refractivity contribution is 5.85. The van der Waals surface area contributed by atoms with E-state index in [-0.39, 0.29) is 17.0 Å². The van der Waals surface area contributed by atoms with E-state index in [9.17, 15) is 19.4 Å². The molecule has 24 heavy (non-hydrogen) atoms. The van der Waals surface area contributed by atoms with Crippen molar-refractivity contribution in [2.45, 2.75) is 24.5 Å². The second-order valence-corrected chi connectivity index (χ2v) is 5.17. The molecule has 2 aromatic heterocycles. The number of ether oxygens (including phenoxy) is 1. The topological polar surface area (TPSA) is 165 Å². The molecule has 3 rings (SSSR count). The number of hydrogen-bond acceptors (Lipinski definition) is 9. The Morgan fingerprint density at radius 1 is 1.38 bits per heavy atom. The van der Waals surface area contributed by atoms with Crippen molar-refractivity contribution >= 4 is 23.0 Å². The number of aromatic amines is 1. The molecule has 130 valence electrons. The van der Waals surface area contributed by atoms with E-state index in [1.165, 1.54) is 6.33 Å². The van der Waals surface area contributed by atoms with E-state index in [0.29, 0.717) is 0 Å². The molecular formula is C12H14FN5O6. The first-order valence-corrected chi connectivity index (χ1v) is 6.90. The Hall–Kier alpha value is -2.41. The van der Waals surface area contributed by atoms with E-state index in [0.717, 1.165) is 4.90 Å². The van der Waals surface area contributed by atoms with Crippen molar-refractivity contribution < 1.29 is 34.3 Å². The van der Waals surface area contributed by atoms with Gasteiger partial charge in [0.15, 0.2) is 17.7 Å². The molecule has 4 atom stereocenters. The van der Waals surface area contributed by atoms with Gasteiger partial charge in [0.25, 0.3) is 0 Å². The zero-order chi connectivity index (χ0) is 17.4. The van der Waals surface area contributed by atoms with Crippen LogP contribution < -0.4 is 4.90 Å². The molecule has 1 saturated heterocycles. The zero-order valence-electron chi connectivity index (χ0n) is 12.1. The van der Waals surface area contributed by atoms with Gasteiger partial charge < -0.3 is 35.0 Å². The van der Waals surface area contributed by atoms with Gasteiger partial charge in [-0.2, -0.15) is 14.4 Å². The average Bonchev–Trinajstić information content (AvgIpc) is 3.10. The largest absolute Gasteiger partial charge is 0.480 e. The molecule has 3 heterocycles. The molecule has 1 fully saturated rings. The molecule has 11 nitrogen and oxygen atoms in total. The molecule has 2 aromatic rings. The average molecular weight is 343 g/mol. The van der Waals surface area contributed by atoms with Crippen molar-refractivity contribution in [2.24, 2.45) is 0 Å². The summed E-state index contributed by atoms with van der Waals surface area (Å²) >= 11 is 0. The molecule has 0 saturated carbocycles.